The van der Waals surface area contributed by atoms with E-state index in [4.69, 9.17) is 4.74 Å². The van der Waals surface area contributed by atoms with E-state index in [1.54, 1.807) is 11.8 Å². The molecule has 0 amide bonds. The van der Waals surface area contributed by atoms with Crippen molar-refractivity contribution >= 4 is 17.5 Å². The van der Waals surface area contributed by atoms with Crippen LogP contribution in [0.2, 0.25) is 0 Å². The Bertz CT molecular complexity index is 412. The number of ketones is 1. The van der Waals surface area contributed by atoms with Crippen molar-refractivity contribution < 1.29 is 9.53 Å². The summed E-state index contributed by atoms with van der Waals surface area (Å²) in [5, 5.41) is 0. The van der Waals surface area contributed by atoms with Crippen LogP contribution < -0.4 is 4.74 Å². The van der Waals surface area contributed by atoms with E-state index in [9.17, 15) is 4.79 Å². The summed E-state index contributed by atoms with van der Waals surface area (Å²) in [5.41, 5.74) is 2.08. The second kappa shape index (κ2) is 3.02. The molecule has 0 fully saturated rings. The van der Waals surface area contributed by atoms with E-state index in [1.807, 2.05) is 12.1 Å². The molecule has 0 saturated carbocycles. The maximum Gasteiger partial charge on any atom is 0.174 e. The van der Waals surface area contributed by atoms with Gasteiger partial charge in [0.1, 0.15) is 5.75 Å². The molecule has 1 aromatic rings. The first kappa shape index (κ1) is 8.36. The summed E-state index contributed by atoms with van der Waals surface area (Å²) >= 11 is 1.64. The van der Waals surface area contributed by atoms with Crippen LogP contribution in [0.25, 0.3) is 0 Å². The number of rotatable bonds is 0. The van der Waals surface area contributed by atoms with Gasteiger partial charge in [0.05, 0.1) is 12.4 Å². The molecular formula is C11H10O2S. The molecule has 14 heavy (non-hydrogen) atoms. The van der Waals surface area contributed by atoms with Crippen LogP contribution in [0.15, 0.2) is 17.0 Å². The van der Waals surface area contributed by atoms with Crippen LogP contribution in [0.5, 0.6) is 5.75 Å². The first-order chi connectivity index (χ1) is 6.86. The molecule has 2 nitrogen and oxygen atoms in total. The molecule has 3 rings (SSSR count). The smallest absolute Gasteiger partial charge is 0.174 e. The molecule has 0 N–H and O–H groups in total. The molecule has 2 aliphatic rings. The van der Waals surface area contributed by atoms with E-state index in [1.165, 1.54) is 0 Å². The van der Waals surface area contributed by atoms with Gasteiger partial charge in [0, 0.05) is 16.0 Å². The zero-order chi connectivity index (χ0) is 9.54. The number of hydrogen-bond donors (Lipinski definition) is 0. The Morgan fingerprint density at radius 3 is 3.21 bits per heavy atom. The number of thioether (sulfide) groups is 1. The van der Waals surface area contributed by atoms with Crippen molar-refractivity contribution in [2.24, 2.45) is 0 Å². The van der Waals surface area contributed by atoms with Crippen LogP contribution in [0, 0.1) is 0 Å². The Morgan fingerprint density at radius 2 is 2.29 bits per heavy atom. The van der Waals surface area contributed by atoms with E-state index in [-0.39, 0.29) is 5.78 Å². The van der Waals surface area contributed by atoms with E-state index in [0.29, 0.717) is 5.75 Å². The van der Waals surface area contributed by atoms with E-state index in [0.717, 1.165) is 41.2 Å². The fourth-order valence-electron chi connectivity index (χ4n) is 2.06. The Hall–Kier alpha value is -0.960. The van der Waals surface area contributed by atoms with Gasteiger partial charge >= 0.3 is 0 Å². The zero-order valence-electron chi connectivity index (χ0n) is 7.71. The van der Waals surface area contributed by atoms with E-state index in [2.05, 4.69) is 0 Å². The van der Waals surface area contributed by atoms with Gasteiger partial charge in [-0.25, -0.2) is 0 Å². The molecule has 0 aliphatic carbocycles. The molecule has 72 valence electrons. The van der Waals surface area contributed by atoms with Crippen LogP contribution >= 0.6 is 11.8 Å². The molecular weight excluding hydrogens is 196 g/mol. The average molecular weight is 206 g/mol. The number of benzene rings is 1. The normalized spacial score (nSPS) is 18.7. The van der Waals surface area contributed by atoms with Crippen LogP contribution in [0.4, 0.5) is 0 Å². The molecule has 0 spiro atoms. The minimum Gasteiger partial charge on any atom is -0.493 e. The highest BCUT2D eigenvalue weighted by Crippen LogP contribution is 2.39. The van der Waals surface area contributed by atoms with Gasteiger partial charge in [0.2, 0.25) is 0 Å². The van der Waals surface area contributed by atoms with Gasteiger partial charge in [-0.1, -0.05) is 0 Å². The quantitative estimate of drug-likeness (QED) is 0.651. The first-order valence-electron chi connectivity index (χ1n) is 4.81. The van der Waals surface area contributed by atoms with Gasteiger partial charge in [-0.05, 0) is 25.0 Å². The highest BCUT2D eigenvalue weighted by molar-refractivity contribution is 8.00. The lowest BCUT2D eigenvalue weighted by molar-refractivity contribution is 0.102. The molecule has 0 bridgehead atoms. The summed E-state index contributed by atoms with van der Waals surface area (Å²) in [4.78, 5) is 12.8. The second-order valence-corrected chi connectivity index (χ2v) is 4.60. The maximum absolute atomic E-state index is 11.7. The molecule has 0 saturated heterocycles. The average Bonchev–Trinajstić information content (AvgIpc) is 2.61. The number of carbonyl (C=O) groups excluding carboxylic acids is 1. The summed E-state index contributed by atoms with van der Waals surface area (Å²) in [6.45, 7) is 0.785. The fourth-order valence-corrected chi connectivity index (χ4v) is 3.04. The molecule has 0 unspecified atom stereocenters. The first-order valence-corrected chi connectivity index (χ1v) is 5.79. The van der Waals surface area contributed by atoms with Crippen molar-refractivity contribution in [3.8, 4) is 5.75 Å². The minimum absolute atomic E-state index is 0.271. The van der Waals surface area contributed by atoms with Crippen molar-refractivity contribution in [2.45, 2.75) is 17.7 Å². The predicted molar refractivity (Wildman–Crippen MR) is 55.3 cm³/mol. The van der Waals surface area contributed by atoms with Gasteiger partial charge in [-0.15, -0.1) is 11.8 Å². The number of fused-ring (bicyclic) bond motifs is 3. The summed E-state index contributed by atoms with van der Waals surface area (Å²) < 4.78 is 5.54. The van der Waals surface area contributed by atoms with E-state index < -0.39 is 0 Å². The monoisotopic (exact) mass is 206 g/mol. The fraction of sp³-hybridized carbons (Fsp3) is 0.364. The van der Waals surface area contributed by atoms with Gasteiger partial charge in [-0.3, -0.25) is 4.79 Å². The van der Waals surface area contributed by atoms with Crippen molar-refractivity contribution in [2.75, 3.05) is 12.4 Å². The van der Waals surface area contributed by atoms with Crippen LogP contribution in [-0.4, -0.2) is 18.1 Å². The molecule has 3 heteroatoms. The second-order valence-electron chi connectivity index (χ2n) is 3.58. The van der Waals surface area contributed by atoms with Gasteiger partial charge in [0.15, 0.2) is 5.78 Å². The lowest BCUT2D eigenvalue weighted by Crippen LogP contribution is -2.12. The number of carbonyl (C=O) groups is 1. The molecule has 2 aliphatic heterocycles. The van der Waals surface area contributed by atoms with Gasteiger partial charge < -0.3 is 4.74 Å². The van der Waals surface area contributed by atoms with Crippen LogP contribution in [0.3, 0.4) is 0 Å². The lowest BCUT2D eigenvalue weighted by Gasteiger charge is -2.19. The number of Topliss-reactive ketones (excluding diaryl/α,β-unsaturated/α-hetero) is 1. The summed E-state index contributed by atoms with van der Waals surface area (Å²) in [7, 11) is 0. The van der Waals surface area contributed by atoms with Gasteiger partial charge in [-0.2, -0.15) is 0 Å². The summed E-state index contributed by atoms with van der Waals surface area (Å²) in [5.74, 6) is 1.80. The lowest BCUT2D eigenvalue weighted by atomic mass is 9.98. The molecule has 1 aromatic carbocycles. The standard InChI is InChI=1S/C11H10O2S/c12-8-6-14-10-4-3-9-7(11(8)10)2-1-5-13-9/h3-4H,1-2,5-6H2. The third kappa shape index (κ3) is 1.08. The van der Waals surface area contributed by atoms with Crippen molar-refractivity contribution in [3.05, 3.63) is 23.3 Å². The van der Waals surface area contributed by atoms with Gasteiger partial charge in [0.25, 0.3) is 0 Å². The van der Waals surface area contributed by atoms with Crippen molar-refractivity contribution in [1.82, 2.24) is 0 Å². The third-order valence-electron chi connectivity index (χ3n) is 2.70. The third-order valence-corrected chi connectivity index (χ3v) is 3.76. The molecule has 0 radical (unpaired) electrons. The van der Waals surface area contributed by atoms with E-state index >= 15 is 0 Å². The SMILES string of the molecule is O=C1CSc2ccc3c(c21)CCCO3. The van der Waals surface area contributed by atoms with Crippen molar-refractivity contribution in [3.63, 3.8) is 0 Å². The maximum atomic E-state index is 11.7. The summed E-state index contributed by atoms with van der Waals surface area (Å²) in [6, 6.07) is 4.01. The Morgan fingerprint density at radius 1 is 1.36 bits per heavy atom. The largest absolute Gasteiger partial charge is 0.493 e. The Labute approximate surface area is 86.6 Å². The highest BCUT2D eigenvalue weighted by atomic mass is 32.2. The minimum atomic E-state index is 0.271. The van der Waals surface area contributed by atoms with Crippen LogP contribution in [-0.2, 0) is 6.42 Å². The Kier molecular flexibility index (Phi) is 1.80. The number of ether oxygens (including phenoxy) is 1. The van der Waals surface area contributed by atoms with Crippen LogP contribution in [0.1, 0.15) is 22.3 Å². The number of hydrogen-bond acceptors (Lipinski definition) is 3. The molecule has 2 heterocycles. The summed E-state index contributed by atoms with van der Waals surface area (Å²) in [6.07, 6.45) is 2.02. The zero-order valence-corrected chi connectivity index (χ0v) is 8.52. The topological polar surface area (TPSA) is 26.3 Å². The molecule has 0 atom stereocenters. The predicted octanol–water partition coefficient (Wildman–Crippen LogP) is 2.30. The van der Waals surface area contributed by atoms with Crippen molar-refractivity contribution in [1.29, 1.82) is 0 Å². The molecule has 0 aromatic heterocycles. The highest BCUT2D eigenvalue weighted by Gasteiger charge is 2.27. The Balaban J connectivity index is 2.23.